The fourth-order valence-electron chi connectivity index (χ4n) is 0. The minimum atomic E-state index is -0.631. The Bertz CT molecular complexity index is 48.8. The number of hydrogen-bond acceptors (Lipinski definition) is 2. The first-order chi connectivity index (χ1) is 2.27. The Morgan fingerprint density at radius 2 is 2.00 bits per heavy atom. The van der Waals surface area contributed by atoms with E-state index in [1.807, 2.05) is 4.72 Å². The van der Waals surface area contributed by atoms with E-state index >= 15 is 0 Å². The maximum atomic E-state index is 9.40. The number of hydrogen-bond donors (Lipinski definition) is 3. The molecule has 0 aliphatic carbocycles. The molecule has 5 heteroatoms. The third-order valence-electron chi connectivity index (χ3n) is 0.110. The summed E-state index contributed by atoms with van der Waals surface area (Å²) in [4.78, 5) is 9.40. The van der Waals surface area contributed by atoms with Crippen LogP contribution in [-0.4, -0.2) is 6.03 Å². The van der Waals surface area contributed by atoms with Gasteiger partial charge in [-0.2, -0.15) is 0 Å². The van der Waals surface area contributed by atoms with Crippen LogP contribution in [0.15, 0.2) is 0 Å². The molecule has 32 valence electrons. The number of carbonyl (C=O) groups excluding carboxylic acids is 1. The molecule has 0 saturated carbocycles. The summed E-state index contributed by atoms with van der Waals surface area (Å²) >= 11 is 3.29. The molecular formula is CH4CdN2OS. The zero-order valence-corrected chi connectivity index (χ0v) is 8.07. The Kier molecular flexibility index (Phi) is 9.00. The molecule has 0 rings (SSSR count). The molecule has 6 heavy (non-hydrogen) atoms. The van der Waals surface area contributed by atoms with Crippen LogP contribution >= 0.6 is 12.8 Å². The van der Waals surface area contributed by atoms with Gasteiger partial charge in [0.05, 0.1) is 0 Å². The van der Waals surface area contributed by atoms with Crippen LogP contribution in [0.4, 0.5) is 4.79 Å². The second-order valence-electron chi connectivity index (χ2n) is 0.476. The smallest absolute Gasteiger partial charge is 0.321 e. The van der Waals surface area contributed by atoms with Crippen molar-refractivity contribution in [1.82, 2.24) is 4.72 Å². The van der Waals surface area contributed by atoms with E-state index < -0.39 is 6.03 Å². The van der Waals surface area contributed by atoms with Gasteiger partial charge in [0.2, 0.25) is 0 Å². The number of primary amides is 1. The van der Waals surface area contributed by atoms with E-state index in [1.165, 1.54) is 0 Å². The first-order valence-electron chi connectivity index (χ1n) is 0.966. The third-order valence-corrected chi connectivity index (χ3v) is 0.331. The number of nitrogens with two attached hydrogens (primary N) is 1. The van der Waals surface area contributed by atoms with Crippen molar-refractivity contribution in [3.05, 3.63) is 0 Å². The summed E-state index contributed by atoms with van der Waals surface area (Å²) in [6, 6.07) is -0.631. The first kappa shape index (κ1) is 9.74. The summed E-state index contributed by atoms with van der Waals surface area (Å²) in [6.45, 7) is 0. The van der Waals surface area contributed by atoms with Crippen LogP contribution in [0, 0.1) is 0 Å². The molecule has 0 bridgehead atoms. The van der Waals surface area contributed by atoms with Gasteiger partial charge in [0.1, 0.15) is 0 Å². The summed E-state index contributed by atoms with van der Waals surface area (Å²) in [5, 5.41) is 0. The Morgan fingerprint density at radius 3 is 2.00 bits per heavy atom. The van der Waals surface area contributed by atoms with Gasteiger partial charge >= 0.3 is 6.03 Å². The van der Waals surface area contributed by atoms with Gasteiger partial charge in [0.15, 0.2) is 0 Å². The molecular weight excluding hydrogens is 201 g/mol. The molecule has 3 nitrogen and oxygen atoms in total. The molecule has 0 spiro atoms. The van der Waals surface area contributed by atoms with Crippen molar-refractivity contribution in [2.45, 2.75) is 0 Å². The number of rotatable bonds is 0. The summed E-state index contributed by atoms with van der Waals surface area (Å²) in [5.41, 5.74) is 4.47. The molecule has 0 aliphatic heterocycles. The van der Waals surface area contributed by atoms with E-state index in [0.717, 1.165) is 0 Å². The van der Waals surface area contributed by atoms with Crippen molar-refractivity contribution in [1.29, 1.82) is 0 Å². The molecule has 0 aromatic heterocycles. The second-order valence-corrected chi connectivity index (χ2v) is 0.700. The van der Waals surface area contributed by atoms with Crippen LogP contribution in [0.2, 0.25) is 0 Å². The number of nitrogens with one attached hydrogen (secondary N) is 1. The molecule has 0 atom stereocenters. The molecule has 0 heterocycles. The summed E-state index contributed by atoms with van der Waals surface area (Å²) in [6.07, 6.45) is 0. The largest absolute Gasteiger partial charge is 0.351 e. The van der Waals surface area contributed by atoms with Gasteiger partial charge in [0, 0.05) is 27.3 Å². The van der Waals surface area contributed by atoms with Gasteiger partial charge in [-0.3, -0.25) is 4.72 Å². The van der Waals surface area contributed by atoms with Crippen molar-refractivity contribution in [3.8, 4) is 0 Å². The third kappa shape index (κ3) is 8.82. The van der Waals surface area contributed by atoms with Crippen molar-refractivity contribution >= 4 is 18.8 Å². The van der Waals surface area contributed by atoms with Crippen LogP contribution in [0.5, 0.6) is 0 Å². The Morgan fingerprint density at radius 1 is 1.83 bits per heavy atom. The van der Waals surface area contributed by atoms with E-state index in [2.05, 4.69) is 18.5 Å². The summed E-state index contributed by atoms with van der Waals surface area (Å²) in [7, 11) is 0. The first-order valence-corrected chi connectivity index (χ1v) is 1.41. The average Bonchev–Trinajstić information content (AvgIpc) is 1.38. The fourth-order valence-corrected chi connectivity index (χ4v) is 0. The molecule has 2 amide bonds. The molecule has 0 saturated heterocycles. The Hall–Kier alpha value is 0.542. The van der Waals surface area contributed by atoms with Gasteiger partial charge in [-0.15, -0.1) is 0 Å². The number of carbonyl (C=O) groups is 1. The minimum Gasteiger partial charge on any atom is -0.351 e. The monoisotopic (exact) mass is 206 g/mol. The van der Waals surface area contributed by atoms with Gasteiger partial charge in [-0.25, -0.2) is 4.79 Å². The van der Waals surface area contributed by atoms with Crippen LogP contribution < -0.4 is 10.5 Å². The SMILES string of the molecule is NC(=O)NS.[Cd]. The zero-order chi connectivity index (χ0) is 4.28. The number of urea groups is 1. The Balaban J connectivity index is 0. The number of amides is 2. The van der Waals surface area contributed by atoms with E-state index in [9.17, 15) is 4.79 Å². The molecule has 0 aromatic carbocycles. The van der Waals surface area contributed by atoms with Gasteiger partial charge < -0.3 is 5.73 Å². The molecule has 0 aromatic rings. The molecule has 0 unspecified atom stereocenters. The molecule has 0 aliphatic rings. The quantitative estimate of drug-likeness (QED) is 0.362. The van der Waals surface area contributed by atoms with Gasteiger partial charge in [0.25, 0.3) is 0 Å². The minimum absolute atomic E-state index is 0. The number of thiol groups is 1. The van der Waals surface area contributed by atoms with E-state index in [1.54, 1.807) is 0 Å². The zero-order valence-electron chi connectivity index (χ0n) is 3.14. The van der Waals surface area contributed by atoms with Gasteiger partial charge in [-0.05, 0) is 0 Å². The topological polar surface area (TPSA) is 55.1 Å². The maximum absolute atomic E-state index is 9.40. The standard InChI is InChI=1S/CH4N2OS.Cd/c2-1(4)3-5;/h5H,(H3,2,3,4);. The fraction of sp³-hybridized carbons (Fsp3) is 0. The van der Waals surface area contributed by atoms with Gasteiger partial charge in [-0.1, -0.05) is 12.8 Å². The molecule has 0 fully saturated rings. The summed E-state index contributed by atoms with van der Waals surface area (Å²) < 4.78 is 1.86. The Labute approximate surface area is 61.4 Å². The van der Waals surface area contributed by atoms with E-state index in [-0.39, 0.29) is 27.3 Å². The molecule has 3 N–H and O–H groups in total. The van der Waals surface area contributed by atoms with E-state index in [0.29, 0.717) is 0 Å². The van der Waals surface area contributed by atoms with Crippen LogP contribution in [0.25, 0.3) is 0 Å². The predicted molar refractivity (Wildman–Crippen MR) is 21.7 cm³/mol. The van der Waals surface area contributed by atoms with Crippen LogP contribution in [0.1, 0.15) is 0 Å². The average molecular weight is 205 g/mol. The van der Waals surface area contributed by atoms with Crippen LogP contribution in [0.3, 0.4) is 0 Å². The van der Waals surface area contributed by atoms with Crippen molar-refractivity contribution in [2.75, 3.05) is 0 Å². The van der Waals surface area contributed by atoms with E-state index in [4.69, 9.17) is 0 Å². The second kappa shape index (κ2) is 5.54. The summed E-state index contributed by atoms with van der Waals surface area (Å²) in [5.74, 6) is 0. The predicted octanol–water partition coefficient (Wildman–Crippen LogP) is -0.503. The van der Waals surface area contributed by atoms with Crippen molar-refractivity contribution in [2.24, 2.45) is 5.73 Å². The normalized spacial score (nSPS) is 5.50. The van der Waals surface area contributed by atoms with Crippen molar-refractivity contribution in [3.63, 3.8) is 0 Å². The molecule has 0 radical (unpaired) electrons. The van der Waals surface area contributed by atoms with Crippen molar-refractivity contribution < 1.29 is 32.1 Å². The maximum Gasteiger partial charge on any atom is 0.321 e. The van der Waals surface area contributed by atoms with Crippen LogP contribution in [-0.2, 0) is 27.3 Å².